The molecule has 2 atom stereocenters. The van der Waals surface area contributed by atoms with E-state index in [9.17, 15) is 9.59 Å². The molecule has 2 fully saturated rings. The third-order valence-electron chi connectivity index (χ3n) is 7.23. The number of piperidine rings is 1. The van der Waals surface area contributed by atoms with E-state index in [1.165, 1.54) is 11.1 Å². The molecule has 6 nitrogen and oxygen atoms in total. The summed E-state index contributed by atoms with van der Waals surface area (Å²) in [6, 6.07) is 7.97. The van der Waals surface area contributed by atoms with E-state index in [4.69, 9.17) is 4.74 Å². The molecule has 0 bridgehead atoms. The largest absolute Gasteiger partial charge is 0.379 e. The molecule has 1 aromatic rings. The van der Waals surface area contributed by atoms with Gasteiger partial charge in [0.1, 0.15) is 6.04 Å². The standard InChI is InChI=1S/C27H43N3O3/c1-20(2)17-24-25(31)28-22(4)19-33-16-8-7-11-27(26(32)29-24)12-14-30(15-13-27)18-23-10-6-5-9-21(23)3/h5-6,9-10,20,22,24H,7-8,11-19H2,1-4H3,(H,28,31)(H,29,32)/t22-,24+/m1/s1. The number of ether oxygens (including phenoxy) is 1. The van der Waals surface area contributed by atoms with Crippen LogP contribution in [0.2, 0.25) is 0 Å². The summed E-state index contributed by atoms with van der Waals surface area (Å²) in [5, 5.41) is 6.22. The number of nitrogens with one attached hydrogen (secondary N) is 2. The Morgan fingerprint density at radius 2 is 1.82 bits per heavy atom. The third kappa shape index (κ3) is 7.28. The molecule has 2 amide bonds. The maximum atomic E-state index is 13.7. The lowest BCUT2D eigenvalue weighted by molar-refractivity contribution is -0.138. The van der Waals surface area contributed by atoms with Gasteiger partial charge in [0.15, 0.2) is 0 Å². The number of carbonyl (C=O) groups is 2. The van der Waals surface area contributed by atoms with Gasteiger partial charge in [-0.25, -0.2) is 0 Å². The summed E-state index contributed by atoms with van der Waals surface area (Å²) in [6.45, 7) is 12.2. The van der Waals surface area contributed by atoms with Crippen molar-refractivity contribution in [1.29, 1.82) is 0 Å². The Kier molecular flexibility index (Phi) is 9.33. The Labute approximate surface area is 199 Å². The zero-order valence-corrected chi connectivity index (χ0v) is 21.0. The molecule has 1 aromatic carbocycles. The fourth-order valence-electron chi connectivity index (χ4n) is 5.09. The van der Waals surface area contributed by atoms with Crippen LogP contribution in [0.15, 0.2) is 24.3 Å². The predicted molar refractivity (Wildman–Crippen MR) is 132 cm³/mol. The van der Waals surface area contributed by atoms with Gasteiger partial charge in [-0.3, -0.25) is 14.5 Å². The number of benzene rings is 1. The van der Waals surface area contributed by atoms with Crippen LogP contribution in [0.4, 0.5) is 0 Å². The van der Waals surface area contributed by atoms with E-state index >= 15 is 0 Å². The zero-order chi connectivity index (χ0) is 23.8. The molecule has 33 heavy (non-hydrogen) atoms. The molecule has 1 spiro atoms. The molecule has 2 saturated heterocycles. The van der Waals surface area contributed by atoms with Crippen molar-refractivity contribution in [2.75, 3.05) is 26.3 Å². The van der Waals surface area contributed by atoms with Crippen molar-refractivity contribution in [2.24, 2.45) is 11.3 Å². The van der Waals surface area contributed by atoms with E-state index in [1.54, 1.807) is 0 Å². The monoisotopic (exact) mass is 457 g/mol. The summed E-state index contributed by atoms with van der Waals surface area (Å²) in [6.07, 6.45) is 5.07. The molecular formula is C27H43N3O3. The molecule has 2 heterocycles. The second-order valence-electron chi connectivity index (χ2n) is 10.6. The van der Waals surface area contributed by atoms with Crippen molar-refractivity contribution < 1.29 is 14.3 Å². The minimum atomic E-state index is -0.498. The lowest BCUT2D eigenvalue weighted by atomic mass is 9.73. The first-order chi connectivity index (χ1) is 15.8. The molecule has 2 N–H and O–H groups in total. The van der Waals surface area contributed by atoms with Crippen molar-refractivity contribution in [3.63, 3.8) is 0 Å². The summed E-state index contributed by atoms with van der Waals surface area (Å²) in [5.41, 5.74) is 2.26. The van der Waals surface area contributed by atoms with Crippen molar-refractivity contribution in [3.8, 4) is 0 Å². The molecule has 0 aliphatic carbocycles. The Hall–Kier alpha value is -1.92. The Morgan fingerprint density at radius 1 is 1.09 bits per heavy atom. The van der Waals surface area contributed by atoms with Gasteiger partial charge in [-0.2, -0.15) is 0 Å². The number of rotatable bonds is 4. The molecule has 6 heteroatoms. The Balaban J connectivity index is 1.72. The number of hydrogen-bond acceptors (Lipinski definition) is 4. The maximum Gasteiger partial charge on any atom is 0.242 e. The van der Waals surface area contributed by atoms with Crippen LogP contribution in [0.3, 0.4) is 0 Å². The zero-order valence-electron chi connectivity index (χ0n) is 21.0. The lowest BCUT2D eigenvalue weighted by Crippen LogP contribution is -2.55. The van der Waals surface area contributed by atoms with Gasteiger partial charge in [0.25, 0.3) is 0 Å². The van der Waals surface area contributed by atoms with Gasteiger partial charge in [0, 0.05) is 19.2 Å². The van der Waals surface area contributed by atoms with Gasteiger partial charge in [0.2, 0.25) is 11.8 Å². The molecule has 0 radical (unpaired) electrons. The molecule has 0 aromatic heterocycles. The second kappa shape index (κ2) is 12.0. The SMILES string of the molecule is Cc1ccccc1CN1CCC2(CCCCOC[C@@H](C)NC(=O)[C@H](CC(C)C)NC2=O)CC1. The third-order valence-corrected chi connectivity index (χ3v) is 7.23. The number of carbonyl (C=O) groups excluding carboxylic acids is 2. The van der Waals surface area contributed by atoms with Gasteiger partial charge >= 0.3 is 0 Å². The van der Waals surface area contributed by atoms with Crippen molar-refractivity contribution in [2.45, 2.75) is 84.8 Å². The Morgan fingerprint density at radius 3 is 2.52 bits per heavy atom. The molecule has 2 aliphatic heterocycles. The summed E-state index contributed by atoms with van der Waals surface area (Å²) < 4.78 is 5.79. The molecule has 2 aliphatic rings. The number of likely N-dealkylation sites (tertiary alicyclic amines) is 1. The first-order valence-corrected chi connectivity index (χ1v) is 12.7. The fraction of sp³-hybridized carbons (Fsp3) is 0.704. The maximum absolute atomic E-state index is 13.7. The lowest BCUT2D eigenvalue weighted by Gasteiger charge is -2.41. The van der Waals surface area contributed by atoms with Gasteiger partial charge < -0.3 is 15.4 Å². The van der Waals surface area contributed by atoms with Crippen LogP contribution in [0.5, 0.6) is 0 Å². The highest BCUT2D eigenvalue weighted by Crippen LogP contribution is 2.38. The highest BCUT2D eigenvalue weighted by atomic mass is 16.5. The number of nitrogens with zero attached hydrogens (tertiary/aromatic N) is 1. The van der Waals surface area contributed by atoms with Gasteiger partial charge in [-0.15, -0.1) is 0 Å². The summed E-state index contributed by atoms with van der Waals surface area (Å²) in [5.74, 6) is 0.279. The fourth-order valence-corrected chi connectivity index (χ4v) is 5.09. The number of hydrogen-bond donors (Lipinski definition) is 2. The number of amides is 2. The van der Waals surface area contributed by atoms with Crippen molar-refractivity contribution >= 4 is 11.8 Å². The van der Waals surface area contributed by atoms with Crippen LogP contribution in [0.25, 0.3) is 0 Å². The minimum absolute atomic E-state index is 0.0617. The predicted octanol–water partition coefficient (Wildman–Crippen LogP) is 3.81. The van der Waals surface area contributed by atoms with Gasteiger partial charge in [-0.1, -0.05) is 44.5 Å². The quantitative estimate of drug-likeness (QED) is 0.721. The van der Waals surface area contributed by atoms with E-state index in [0.29, 0.717) is 25.6 Å². The van der Waals surface area contributed by atoms with Crippen LogP contribution in [-0.2, 0) is 20.9 Å². The first kappa shape index (κ1) is 25.7. The van der Waals surface area contributed by atoms with E-state index in [2.05, 4.69) is 60.6 Å². The summed E-state index contributed by atoms with van der Waals surface area (Å²) >= 11 is 0. The average Bonchev–Trinajstić information content (AvgIpc) is 2.78. The van der Waals surface area contributed by atoms with E-state index in [-0.39, 0.29) is 17.9 Å². The van der Waals surface area contributed by atoms with Crippen molar-refractivity contribution in [3.05, 3.63) is 35.4 Å². The highest BCUT2D eigenvalue weighted by Gasteiger charge is 2.42. The number of aryl methyl sites for hydroxylation is 1. The molecule has 184 valence electrons. The van der Waals surface area contributed by atoms with Crippen LogP contribution >= 0.6 is 0 Å². The van der Waals surface area contributed by atoms with Crippen molar-refractivity contribution in [1.82, 2.24) is 15.5 Å². The summed E-state index contributed by atoms with van der Waals surface area (Å²) in [7, 11) is 0. The molecule has 3 rings (SSSR count). The average molecular weight is 458 g/mol. The second-order valence-corrected chi connectivity index (χ2v) is 10.6. The van der Waals surface area contributed by atoms with Gasteiger partial charge in [-0.05, 0) is 76.1 Å². The Bertz CT molecular complexity index is 787. The van der Waals surface area contributed by atoms with Crippen LogP contribution in [-0.4, -0.2) is 55.1 Å². The smallest absolute Gasteiger partial charge is 0.242 e. The normalized spacial score (nSPS) is 25.6. The van der Waals surface area contributed by atoms with Crippen LogP contribution in [0, 0.1) is 18.3 Å². The summed E-state index contributed by atoms with van der Waals surface area (Å²) in [4.78, 5) is 29.1. The minimum Gasteiger partial charge on any atom is -0.379 e. The molecular weight excluding hydrogens is 414 g/mol. The van der Waals surface area contributed by atoms with E-state index in [1.807, 2.05) is 6.92 Å². The molecule has 0 unspecified atom stereocenters. The first-order valence-electron chi connectivity index (χ1n) is 12.7. The van der Waals surface area contributed by atoms with Crippen LogP contribution in [0.1, 0.15) is 70.4 Å². The van der Waals surface area contributed by atoms with E-state index < -0.39 is 11.5 Å². The van der Waals surface area contributed by atoms with Crippen LogP contribution < -0.4 is 10.6 Å². The molecule has 0 saturated carbocycles. The van der Waals surface area contributed by atoms with E-state index in [0.717, 1.165) is 51.7 Å². The highest BCUT2D eigenvalue weighted by molar-refractivity contribution is 5.90. The van der Waals surface area contributed by atoms with Gasteiger partial charge in [0.05, 0.1) is 12.0 Å². The topological polar surface area (TPSA) is 70.7 Å².